The smallest absolute Gasteiger partial charge is 0.251 e. The molecule has 100 valence electrons. The molecule has 1 aromatic heterocycles. The van der Waals surface area contributed by atoms with Crippen LogP contribution in [-0.2, 0) is 0 Å². The molecule has 0 bridgehead atoms. The van der Waals surface area contributed by atoms with Gasteiger partial charge < -0.3 is 15.3 Å². The molecule has 1 unspecified atom stereocenters. The Balaban J connectivity index is 2.74. The van der Waals surface area contributed by atoms with Crippen molar-refractivity contribution in [3.8, 4) is 0 Å². The Labute approximate surface area is 108 Å². The van der Waals surface area contributed by atoms with E-state index in [4.69, 9.17) is 5.11 Å². The van der Waals surface area contributed by atoms with Crippen LogP contribution in [0.2, 0.25) is 0 Å². The number of carbonyl (C=O) groups is 1. The third-order valence-electron chi connectivity index (χ3n) is 2.77. The maximum Gasteiger partial charge on any atom is 0.251 e. The molecule has 0 aliphatic heterocycles. The molecular weight excluding hydrogens is 230 g/mol. The number of amides is 1. The molecule has 0 spiro atoms. The summed E-state index contributed by atoms with van der Waals surface area (Å²) in [4.78, 5) is 18.0. The largest absolute Gasteiger partial charge is 0.396 e. The van der Waals surface area contributed by atoms with E-state index in [1.54, 1.807) is 18.3 Å². The van der Waals surface area contributed by atoms with Gasteiger partial charge in [-0.15, -0.1) is 0 Å². The van der Waals surface area contributed by atoms with Gasteiger partial charge in [0.1, 0.15) is 5.82 Å². The molecule has 1 amide bonds. The van der Waals surface area contributed by atoms with Crippen LogP contribution in [0.3, 0.4) is 0 Å². The van der Waals surface area contributed by atoms with Crippen LogP contribution in [0.15, 0.2) is 18.3 Å². The van der Waals surface area contributed by atoms with Crippen molar-refractivity contribution in [2.45, 2.75) is 25.8 Å². The minimum atomic E-state index is -0.124. The van der Waals surface area contributed by atoms with E-state index in [1.807, 2.05) is 25.9 Å². The van der Waals surface area contributed by atoms with Crippen molar-refractivity contribution >= 4 is 11.7 Å². The van der Waals surface area contributed by atoms with Crippen LogP contribution in [0.25, 0.3) is 0 Å². The molecule has 0 fully saturated rings. The highest BCUT2D eigenvalue weighted by molar-refractivity contribution is 5.95. The van der Waals surface area contributed by atoms with E-state index in [9.17, 15) is 4.79 Å². The molecule has 2 N–H and O–H groups in total. The standard InChI is InChI=1S/C13H21N3O2/c1-4-11(6-8-17)15-13(18)10-5-7-14-12(9-10)16(2)3/h5,7,9,11,17H,4,6,8H2,1-3H3,(H,15,18). The number of aliphatic hydroxyl groups excluding tert-OH is 1. The quantitative estimate of drug-likeness (QED) is 0.793. The lowest BCUT2D eigenvalue weighted by molar-refractivity contribution is 0.0929. The summed E-state index contributed by atoms with van der Waals surface area (Å²) in [6.45, 7) is 2.07. The zero-order valence-electron chi connectivity index (χ0n) is 11.2. The predicted molar refractivity (Wildman–Crippen MR) is 71.8 cm³/mol. The van der Waals surface area contributed by atoms with E-state index in [1.165, 1.54) is 0 Å². The molecule has 0 radical (unpaired) electrons. The molecule has 1 aromatic rings. The van der Waals surface area contributed by atoms with Gasteiger partial charge in [-0.1, -0.05) is 6.92 Å². The number of nitrogens with zero attached hydrogens (tertiary/aromatic N) is 2. The predicted octanol–water partition coefficient (Wildman–Crippen LogP) is 1.04. The Morgan fingerprint density at radius 1 is 1.56 bits per heavy atom. The third kappa shape index (κ3) is 4.00. The van der Waals surface area contributed by atoms with Crippen LogP contribution >= 0.6 is 0 Å². The summed E-state index contributed by atoms with van der Waals surface area (Å²) < 4.78 is 0. The Kier molecular flexibility index (Phi) is 5.58. The van der Waals surface area contributed by atoms with Crippen molar-refractivity contribution in [2.24, 2.45) is 0 Å². The summed E-state index contributed by atoms with van der Waals surface area (Å²) in [5.41, 5.74) is 0.588. The van der Waals surface area contributed by atoms with Gasteiger partial charge >= 0.3 is 0 Å². The van der Waals surface area contributed by atoms with Crippen molar-refractivity contribution < 1.29 is 9.90 Å². The van der Waals surface area contributed by atoms with Gasteiger partial charge in [0, 0.05) is 38.5 Å². The molecule has 0 saturated heterocycles. The number of aromatic nitrogens is 1. The average Bonchev–Trinajstić information content (AvgIpc) is 2.38. The summed E-state index contributed by atoms with van der Waals surface area (Å²) in [5, 5.41) is 11.8. The van der Waals surface area contributed by atoms with Crippen LogP contribution in [-0.4, -0.2) is 42.7 Å². The summed E-state index contributed by atoms with van der Waals surface area (Å²) in [7, 11) is 3.76. The van der Waals surface area contributed by atoms with E-state index >= 15 is 0 Å². The summed E-state index contributed by atoms with van der Waals surface area (Å²) in [6.07, 6.45) is 3.00. The van der Waals surface area contributed by atoms with E-state index < -0.39 is 0 Å². The number of pyridine rings is 1. The molecule has 1 atom stereocenters. The first-order chi connectivity index (χ1) is 8.58. The van der Waals surface area contributed by atoms with Crippen LogP contribution < -0.4 is 10.2 Å². The SMILES string of the molecule is CCC(CCO)NC(=O)c1ccnc(N(C)C)c1. The number of nitrogens with one attached hydrogen (secondary N) is 1. The summed E-state index contributed by atoms with van der Waals surface area (Å²) in [6, 6.07) is 3.45. The minimum absolute atomic E-state index is 0.0125. The highest BCUT2D eigenvalue weighted by Gasteiger charge is 2.12. The van der Waals surface area contributed by atoms with Crippen LogP contribution in [0, 0.1) is 0 Å². The van der Waals surface area contributed by atoms with Crippen LogP contribution in [0.5, 0.6) is 0 Å². The fourth-order valence-electron chi connectivity index (χ4n) is 1.61. The van der Waals surface area contributed by atoms with Crippen molar-refractivity contribution in [1.82, 2.24) is 10.3 Å². The Morgan fingerprint density at radius 2 is 2.28 bits per heavy atom. The zero-order valence-corrected chi connectivity index (χ0v) is 11.2. The van der Waals surface area contributed by atoms with Crippen LogP contribution in [0.4, 0.5) is 5.82 Å². The fraction of sp³-hybridized carbons (Fsp3) is 0.538. The first kappa shape index (κ1) is 14.4. The van der Waals surface area contributed by atoms with Crippen molar-refractivity contribution in [2.75, 3.05) is 25.6 Å². The Morgan fingerprint density at radius 3 is 2.83 bits per heavy atom. The fourth-order valence-corrected chi connectivity index (χ4v) is 1.61. The van der Waals surface area contributed by atoms with E-state index in [-0.39, 0.29) is 18.6 Å². The second-order valence-corrected chi connectivity index (χ2v) is 4.39. The van der Waals surface area contributed by atoms with Gasteiger partial charge in [0.25, 0.3) is 5.91 Å². The number of rotatable bonds is 6. The summed E-state index contributed by atoms with van der Waals surface area (Å²) in [5.74, 6) is 0.624. The maximum absolute atomic E-state index is 12.0. The topological polar surface area (TPSA) is 65.5 Å². The molecule has 5 heteroatoms. The molecular formula is C13H21N3O2. The van der Waals surface area contributed by atoms with Gasteiger partial charge in [0.2, 0.25) is 0 Å². The lowest BCUT2D eigenvalue weighted by Gasteiger charge is -2.16. The number of aliphatic hydroxyl groups is 1. The number of hydrogen-bond acceptors (Lipinski definition) is 4. The van der Waals surface area contributed by atoms with E-state index in [2.05, 4.69) is 10.3 Å². The normalized spacial score (nSPS) is 12.0. The zero-order chi connectivity index (χ0) is 13.5. The highest BCUT2D eigenvalue weighted by Crippen LogP contribution is 2.10. The second kappa shape index (κ2) is 6.96. The lowest BCUT2D eigenvalue weighted by Crippen LogP contribution is -2.35. The van der Waals surface area contributed by atoms with Gasteiger partial charge in [-0.05, 0) is 25.0 Å². The third-order valence-corrected chi connectivity index (χ3v) is 2.77. The van der Waals surface area contributed by atoms with Crippen molar-refractivity contribution in [1.29, 1.82) is 0 Å². The summed E-state index contributed by atoms with van der Waals surface area (Å²) >= 11 is 0. The molecule has 5 nitrogen and oxygen atoms in total. The minimum Gasteiger partial charge on any atom is -0.396 e. The van der Waals surface area contributed by atoms with Crippen LogP contribution in [0.1, 0.15) is 30.1 Å². The van der Waals surface area contributed by atoms with Gasteiger partial charge in [-0.25, -0.2) is 4.98 Å². The molecule has 1 rings (SSSR count). The highest BCUT2D eigenvalue weighted by atomic mass is 16.3. The number of anilines is 1. The lowest BCUT2D eigenvalue weighted by atomic mass is 10.1. The molecule has 0 aromatic carbocycles. The molecule has 0 saturated carbocycles. The van der Waals surface area contributed by atoms with Gasteiger partial charge in [-0.2, -0.15) is 0 Å². The van der Waals surface area contributed by atoms with Gasteiger partial charge in [-0.3, -0.25) is 4.79 Å². The molecule has 0 aliphatic carbocycles. The molecule has 1 heterocycles. The Bertz CT molecular complexity index is 394. The number of carbonyl (C=O) groups excluding carboxylic acids is 1. The molecule has 18 heavy (non-hydrogen) atoms. The van der Waals surface area contributed by atoms with Gasteiger partial charge in [0.15, 0.2) is 0 Å². The van der Waals surface area contributed by atoms with Gasteiger partial charge in [0.05, 0.1) is 0 Å². The van der Waals surface area contributed by atoms with Crippen molar-refractivity contribution in [3.63, 3.8) is 0 Å². The Hall–Kier alpha value is -1.62. The van der Waals surface area contributed by atoms with Crippen molar-refractivity contribution in [3.05, 3.63) is 23.9 Å². The van der Waals surface area contributed by atoms with E-state index in [0.29, 0.717) is 12.0 Å². The first-order valence-electron chi connectivity index (χ1n) is 6.13. The average molecular weight is 251 g/mol. The maximum atomic E-state index is 12.0. The monoisotopic (exact) mass is 251 g/mol. The molecule has 0 aliphatic rings. The van der Waals surface area contributed by atoms with E-state index in [0.717, 1.165) is 12.2 Å². The number of hydrogen-bond donors (Lipinski definition) is 2. The first-order valence-corrected chi connectivity index (χ1v) is 6.13. The second-order valence-electron chi connectivity index (χ2n) is 4.39.